The summed E-state index contributed by atoms with van der Waals surface area (Å²) in [6.45, 7) is 4.03. The number of rotatable bonds is 6. The standard InChI is InChI=1S/C21H23N3O2/c1-4-15(2)22-21(25)18-14-24(16-10-6-5-7-11-16)23-20(18)17-12-8-9-13-19(17)26-3/h5-15H,4H2,1-3H3,(H,22,25)/t15-/m0/s1. The molecule has 0 saturated carbocycles. The van der Waals surface area contributed by atoms with Gasteiger partial charge >= 0.3 is 0 Å². The van der Waals surface area contributed by atoms with Crippen molar-refractivity contribution in [3.05, 3.63) is 66.4 Å². The molecule has 2 aromatic carbocycles. The Balaban J connectivity index is 2.12. The lowest BCUT2D eigenvalue weighted by molar-refractivity contribution is 0.0940. The highest BCUT2D eigenvalue weighted by molar-refractivity contribution is 6.00. The number of hydrogen-bond donors (Lipinski definition) is 1. The van der Waals surface area contributed by atoms with E-state index in [2.05, 4.69) is 10.4 Å². The van der Waals surface area contributed by atoms with Crippen LogP contribution in [0.3, 0.4) is 0 Å². The van der Waals surface area contributed by atoms with Crippen molar-refractivity contribution >= 4 is 5.91 Å². The summed E-state index contributed by atoms with van der Waals surface area (Å²) in [6.07, 6.45) is 2.64. The molecule has 3 aromatic rings. The largest absolute Gasteiger partial charge is 0.496 e. The van der Waals surface area contributed by atoms with Crippen molar-refractivity contribution in [3.63, 3.8) is 0 Å². The lowest BCUT2D eigenvalue weighted by Gasteiger charge is -2.12. The average Bonchev–Trinajstić information content (AvgIpc) is 3.14. The molecule has 0 aliphatic carbocycles. The molecule has 1 aromatic heterocycles. The van der Waals surface area contributed by atoms with Gasteiger partial charge in [0.25, 0.3) is 5.91 Å². The van der Waals surface area contributed by atoms with E-state index in [0.29, 0.717) is 17.0 Å². The first-order valence-electron chi connectivity index (χ1n) is 8.73. The monoisotopic (exact) mass is 349 g/mol. The lowest BCUT2D eigenvalue weighted by atomic mass is 10.1. The molecule has 0 saturated heterocycles. The number of aromatic nitrogens is 2. The second-order valence-electron chi connectivity index (χ2n) is 6.15. The molecule has 0 spiro atoms. The summed E-state index contributed by atoms with van der Waals surface area (Å²) < 4.78 is 7.20. The van der Waals surface area contributed by atoms with E-state index in [-0.39, 0.29) is 11.9 Å². The van der Waals surface area contributed by atoms with E-state index in [1.807, 2.05) is 68.4 Å². The van der Waals surface area contributed by atoms with Gasteiger partial charge in [-0.25, -0.2) is 4.68 Å². The van der Waals surface area contributed by atoms with E-state index >= 15 is 0 Å². The van der Waals surface area contributed by atoms with Crippen molar-refractivity contribution in [1.29, 1.82) is 0 Å². The van der Waals surface area contributed by atoms with Crippen LogP contribution in [-0.2, 0) is 0 Å². The van der Waals surface area contributed by atoms with Gasteiger partial charge in [0.05, 0.1) is 18.4 Å². The van der Waals surface area contributed by atoms with Crippen molar-refractivity contribution in [2.75, 3.05) is 7.11 Å². The van der Waals surface area contributed by atoms with Crippen LogP contribution in [0.1, 0.15) is 30.6 Å². The van der Waals surface area contributed by atoms with Crippen molar-refractivity contribution in [3.8, 4) is 22.7 Å². The Hall–Kier alpha value is -3.08. The minimum atomic E-state index is -0.137. The molecule has 134 valence electrons. The Labute approximate surface area is 153 Å². The van der Waals surface area contributed by atoms with Crippen molar-refractivity contribution < 1.29 is 9.53 Å². The summed E-state index contributed by atoms with van der Waals surface area (Å²) in [4.78, 5) is 12.8. The third-order valence-electron chi connectivity index (χ3n) is 4.33. The van der Waals surface area contributed by atoms with Gasteiger partial charge in [0.2, 0.25) is 0 Å². The molecule has 5 heteroatoms. The summed E-state index contributed by atoms with van der Waals surface area (Å²) in [7, 11) is 1.62. The molecule has 0 bridgehead atoms. The SMILES string of the molecule is CC[C@H](C)NC(=O)c1cn(-c2ccccc2)nc1-c1ccccc1OC. The molecule has 5 nitrogen and oxygen atoms in total. The maximum Gasteiger partial charge on any atom is 0.255 e. The van der Waals surface area contributed by atoms with E-state index in [0.717, 1.165) is 17.7 Å². The first-order valence-corrected chi connectivity index (χ1v) is 8.73. The normalized spacial score (nSPS) is 11.8. The molecule has 1 atom stereocenters. The lowest BCUT2D eigenvalue weighted by Crippen LogP contribution is -2.32. The number of amides is 1. The quantitative estimate of drug-likeness (QED) is 0.730. The first-order chi connectivity index (χ1) is 12.6. The molecule has 1 amide bonds. The molecular weight excluding hydrogens is 326 g/mol. The topological polar surface area (TPSA) is 56.2 Å². The van der Waals surface area contributed by atoms with Gasteiger partial charge < -0.3 is 10.1 Å². The number of nitrogens with one attached hydrogen (secondary N) is 1. The number of carbonyl (C=O) groups is 1. The highest BCUT2D eigenvalue weighted by atomic mass is 16.5. The third kappa shape index (κ3) is 3.61. The van der Waals surface area contributed by atoms with Crippen LogP contribution in [0.4, 0.5) is 0 Å². The van der Waals surface area contributed by atoms with Crippen LogP contribution in [0.2, 0.25) is 0 Å². The van der Waals surface area contributed by atoms with E-state index in [4.69, 9.17) is 4.74 Å². The van der Waals surface area contributed by atoms with Crippen LogP contribution in [0.25, 0.3) is 16.9 Å². The van der Waals surface area contributed by atoms with Gasteiger partial charge in [-0.3, -0.25) is 4.79 Å². The predicted octanol–water partition coefficient (Wildman–Crippen LogP) is 4.08. The first kappa shape index (κ1) is 17.7. The molecule has 0 unspecified atom stereocenters. The fourth-order valence-electron chi connectivity index (χ4n) is 2.70. The number of ether oxygens (including phenoxy) is 1. The molecule has 0 fully saturated rings. The van der Waals surface area contributed by atoms with E-state index in [1.165, 1.54) is 0 Å². The van der Waals surface area contributed by atoms with E-state index in [1.54, 1.807) is 18.0 Å². The highest BCUT2D eigenvalue weighted by Crippen LogP contribution is 2.31. The van der Waals surface area contributed by atoms with Crippen molar-refractivity contribution in [2.24, 2.45) is 0 Å². The number of methoxy groups -OCH3 is 1. The maximum absolute atomic E-state index is 12.8. The highest BCUT2D eigenvalue weighted by Gasteiger charge is 2.21. The average molecular weight is 349 g/mol. The summed E-state index contributed by atoms with van der Waals surface area (Å²) in [5.41, 5.74) is 2.82. The molecule has 0 radical (unpaired) electrons. The molecule has 0 aliphatic rings. The van der Waals surface area contributed by atoms with Crippen LogP contribution in [0, 0.1) is 0 Å². The van der Waals surface area contributed by atoms with Crippen molar-refractivity contribution in [1.82, 2.24) is 15.1 Å². The number of para-hydroxylation sites is 2. The Kier molecular flexibility index (Phi) is 5.37. The van der Waals surface area contributed by atoms with Gasteiger partial charge in [0.15, 0.2) is 0 Å². The van der Waals surface area contributed by atoms with Crippen LogP contribution < -0.4 is 10.1 Å². The second kappa shape index (κ2) is 7.87. The molecule has 0 aliphatic heterocycles. The van der Waals surface area contributed by atoms with E-state index in [9.17, 15) is 4.79 Å². The second-order valence-corrected chi connectivity index (χ2v) is 6.15. The van der Waals surface area contributed by atoms with Crippen molar-refractivity contribution in [2.45, 2.75) is 26.3 Å². The van der Waals surface area contributed by atoms with E-state index < -0.39 is 0 Å². The zero-order valence-electron chi connectivity index (χ0n) is 15.3. The Morgan fingerprint density at radius 1 is 1.15 bits per heavy atom. The molecule has 26 heavy (non-hydrogen) atoms. The number of carbonyl (C=O) groups excluding carboxylic acids is 1. The van der Waals surface area contributed by atoms with Crippen LogP contribution in [0.5, 0.6) is 5.75 Å². The third-order valence-corrected chi connectivity index (χ3v) is 4.33. The van der Waals surface area contributed by atoms with Crippen LogP contribution in [-0.4, -0.2) is 28.8 Å². The van der Waals surface area contributed by atoms with Crippen LogP contribution >= 0.6 is 0 Å². The zero-order chi connectivity index (χ0) is 18.5. The molecular formula is C21H23N3O2. The van der Waals surface area contributed by atoms with Gasteiger partial charge in [-0.1, -0.05) is 37.3 Å². The summed E-state index contributed by atoms with van der Waals surface area (Å²) in [6, 6.07) is 17.4. The zero-order valence-corrected chi connectivity index (χ0v) is 15.3. The number of nitrogens with zero attached hydrogens (tertiary/aromatic N) is 2. The Bertz CT molecular complexity index is 887. The van der Waals surface area contributed by atoms with Gasteiger partial charge in [-0.15, -0.1) is 0 Å². The van der Waals surface area contributed by atoms with Gasteiger partial charge in [0.1, 0.15) is 11.4 Å². The fraction of sp³-hybridized carbons (Fsp3) is 0.238. The van der Waals surface area contributed by atoms with Gasteiger partial charge in [-0.05, 0) is 37.6 Å². The fourth-order valence-corrected chi connectivity index (χ4v) is 2.70. The summed E-state index contributed by atoms with van der Waals surface area (Å²) in [5.74, 6) is 0.547. The smallest absolute Gasteiger partial charge is 0.255 e. The number of benzene rings is 2. The minimum absolute atomic E-state index is 0.0908. The number of hydrogen-bond acceptors (Lipinski definition) is 3. The Morgan fingerprint density at radius 3 is 2.54 bits per heavy atom. The predicted molar refractivity (Wildman–Crippen MR) is 103 cm³/mol. The van der Waals surface area contributed by atoms with Gasteiger partial charge in [0, 0.05) is 17.8 Å². The minimum Gasteiger partial charge on any atom is -0.496 e. The van der Waals surface area contributed by atoms with Crippen LogP contribution in [0.15, 0.2) is 60.8 Å². The van der Waals surface area contributed by atoms with Gasteiger partial charge in [-0.2, -0.15) is 5.10 Å². The Morgan fingerprint density at radius 2 is 1.85 bits per heavy atom. The molecule has 1 heterocycles. The molecule has 3 rings (SSSR count). The maximum atomic E-state index is 12.8. The molecule has 1 N–H and O–H groups in total. The summed E-state index contributed by atoms with van der Waals surface area (Å²) >= 11 is 0. The summed E-state index contributed by atoms with van der Waals surface area (Å²) in [5, 5.41) is 7.71.